The topological polar surface area (TPSA) is 205 Å². The van der Waals surface area contributed by atoms with E-state index in [0.29, 0.717) is 23.6 Å². The van der Waals surface area contributed by atoms with E-state index in [1.807, 2.05) is 12.1 Å². The second-order valence-corrected chi connectivity index (χ2v) is 11.5. The Hall–Kier alpha value is -4.46. The number of carbonyl (C=O) groups is 2. The second-order valence-electron chi connectivity index (χ2n) is 11.5. The predicted octanol–water partition coefficient (Wildman–Crippen LogP) is -1.27. The summed E-state index contributed by atoms with van der Waals surface area (Å²) in [5.74, 6) is 0.0186. The van der Waals surface area contributed by atoms with E-state index in [2.05, 4.69) is 49.8 Å². The van der Waals surface area contributed by atoms with Crippen LogP contribution in [0.2, 0.25) is 0 Å². The molecule has 6 rings (SSSR count). The molecule has 0 aliphatic carbocycles. The summed E-state index contributed by atoms with van der Waals surface area (Å²) < 4.78 is 5.93. The van der Waals surface area contributed by atoms with Crippen LogP contribution in [0.5, 0.6) is 5.75 Å². The molecule has 0 bridgehead atoms. The number of aromatic nitrogens is 2. The Labute approximate surface area is 236 Å². The quantitative estimate of drug-likeness (QED) is 0.255. The van der Waals surface area contributed by atoms with Crippen LogP contribution in [0.3, 0.4) is 0 Å². The Kier molecular flexibility index (Phi) is 6.25. The van der Waals surface area contributed by atoms with Crippen molar-refractivity contribution in [2.45, 2.75) is 62.5 Å². The molecule has 5 atom stereocenters. The van der Waals surface area contributed by atoms with Crippen LogP contribution in [0.25, 0.3) is 0 Å². The average Bonchev–Trinajstić information content (AvgIpc) is 3.43. The van der Waals surface area contributed by atoms with Gasteiger partial charge in [0.2, 0.25) is 0 Å². The third-order valence-corrected chi connectivity index (χ3v) is 8.44. The largest absolute Gasteiger partial charge is 0.492 e. The van der Waals surface area contributed by atoms with Gasteiger partial charge in [0.25, 0.3) is 11.8 Å². The Bertz CT molecular complexity index is 1480. The molecule has 0 radical (unpaired) electrons. The summed E-state index contributed by atoms with van der Waals surface area (Å²) in [6.07, 6.45) is 0.994. The minimum Gasteiger partial charge on any atom is -0.492 e. The number of aryl methyl sites for hydroxylation is 1. The van der Waals surface area contributed by atoms with Gasteiger partial charge < -0.3 is 42.2 Å². The lowest BCUT2D eigenvalue weighted by atomic mass is 9.79. The van der Waals surface area contributed by atoms with Crippen molar-refractivity contribution in [1.29, 1.82) is 0 Å². The number of rotatable bonds is 5. The molecule has 1 aromatic heterocycles. The molecule has 2 amide bonds. The Morgan fingerprint density at radius 3 is 2.80 bits per heavy atom. The highest BCUT2D eigenvalue weighted by Crippen LogP contribution is 2.42. The van der Waals surface area contributed by atoms with E-state index in [4.69, 9.17) is 16.2 Å². The molecule has 0 saturated carbocycles. The average molecular weight is 563 g/mol. The molecule has 4 aliphatic rings. The number of ether oxygens (including phenoxy) is 1. The number of nitrogens with one attached hydrogen (secondary N) is 3. The number of nitrogens with zero attached hydrogens (tertiary/aromatic N) is 5. The zero-order valence-electron chi connectivity index (χ0n) is 23.1. The van der Waals surface area contributed by atoms with Crippen LogP contribution in [-0.4, -0.2) is 93.3 Å². The molecule has 216 valence electrons. The van der Waals surface area contributed by atoms with Gasteiger partial charge in [-0.2, -0.15) is 0 Å². The van der Waals surface area contributed by atoms with Crippen molar-refractivity contribution < 1.29 is 19.4 Å². The van der Waals surface area contributed by atoms with Gasteiger partial charge in [-0.05, 0) is 30.9 Å². The second kappa shape index (κ2) is 9.58. The van der Waals surface area contributed by atoms with E-state index in [9.17, 15) is 14.7 Å². The number of carbonyl (C=O) groups excluding carboxylic acids is 2. The maximum absolute atomic E-state index is 13.6. The Morgan fingerprint density at radius 2 is 2.02 bits per heavy atom. The lowest BCUT2D eigenvalue weighted by Gasteiger charge is -2.46. The van der Waals surface area contributed by atoms with Crippen LogP contribution < -0.4 is 32.2 Å². The fraction of sp³-hybridized carbons (Fsp3) is 0.481. The molecule has 1 aromatic carbocycles. The zero-order valence-corrected chi connectivity index (χ0v) is 23.1. The van der Waals surface area contributed by atoms with Crippen LogP contribution in [0.4, 0.5) is 0 Å². The van der Waals surface area contributed by atoms with Gasteiger partial charge in [-0.3, -0.25) is 9.59 Å². The van der Waals surface area contributed by atoms with Crippen molar-refractivity contribution in [1.82, 2.24) is 30.8 Å². The van der Waals surface area contributed by atoms with Gasteiger partial charge in [-0.25, -0.2) is 20.0 Å². The fourth-order valence-electron chi connectivity index (χ4n) is 6.26. The van der Waals surface area contributed by atoms with Crippen LogP contribution >= 0.6 is 0 Å². The SMILES string of the molecule is Cc1cc(C(=O)NC[C@@H]2N=C(N)N3CC(NC(=O)c4cccc5c4OCCC5(C)C)[C@@H](O)C34NC(N)=NC24)ncn1. The first-order chi connectivity index (χ1) is 19.5. The van der Waals surface area contributed by atoms with Crippen LogP contribution in [0.1, 0.15) is 52.4 Å². The lowest BCUT2D eigenvalue weighted by molar-refractivity contribution is 0.0143. The van der Waals surface area contributed by atoms with Gasteiger partial charge in [-0.15, -0.1) is 0 Å². The first kappa shape index (κ1) is 26.7. The number of aliphatic hydroxyl groups excluding tert-OH is 1. The molecule has 1 fully saturated rings. The summed E-state index contributed by atoms with van der Waals surface area (Å²) >= 11 is 0. The number of hydrogen-bond acceptors (Lipinski definition) is 12. The van der Waals surface area contributed by atoms with Gasteiger partial charge in [0.1, 0.15) is 29.9 Å². The highest BCUT2D eigenvalue weighted by molar-refractivity contribution is 5.98. The number of amides is 2. The van der Waals surface area contributed by atoms with E-state index in [1.165, 1.54) is 6.33 Å². The summed E-state index contributed by atoms with van der Waals surface area (Å²) in [5.41, 5.74) is 13.4. The van der Waals surface area contributed by atoms with Gasteiger partial charge >= 0.3 is 0 Å². The Balaban J connectivity index is 1.23. The molecule has 41 heavy (non-hydrogen) atoms. The van der Waals surface area contributed by atoms with E-state index >= 15 is 0 Å². The first-order valence-electron chi connectivity index (χ1n) is 13.6. The maximum Gasteiger partial charge on any atom is 0.270 e. The molecule has 14 heteroatoms. The van der Waals surface area contributed by atoms with Crippen molar-refractivity contribution in [3.05, 3.63) is 53.1 Å². The number of aliphatic imine (C=N–C) groups is 2. The number of benzene rings is 1. The monoisotopic (exact) mass is 562 g/mol. The van der Waals surface area contributed by atoms with Gasteiger partial charge in [0.05, 0.1) is 24.3 Å². The Morgan fingerprint density at radius 1 is 1.22 bits per heavy atom. The molecular formula is C27H34N10O4. The minimum absolute atomic E-state index is 0.0638. The zero-order chi connectivity index (χ0) is 29.1. The normalized spacial score (nSPS) is 29.1. The van der Waals surface area contributed by atoms with Gasteiger partial charge in [0.15, 0.2) is 17.6 Å². The number of guanidine groups is 2. The molecule has 2 aromatic rings. The van der Waals surface area contributed by atoms with Crippen molar-refractivity contribution in [3.8, 4) is 5.75 Å². The molecule has 8 N–H and O–H groups in total. The third-order valence-electron chi connectivity index (χ3n) is 8.44. The number of fused-ring (bicyclic) bond motifs is 1. The van der Waals surface area contributed by atoms with E-state index < -0.39 is 35.8 Å². The summed E-state index contributed by atoms with van der Waals surface area (Å²) in [4.78, 5) is 45.1. The highest BCUT2D eigenvalue weighted by Gasteiger charge is 2.65. The maximum atomic E-state index is 13.6. The van der Waals surface area contributed by atoms with E-state index in [1.54, 1.807) is 24.0 Å². The summed E-state index contributed by atoms with van der Waals surface area (Å²) in [7, 11) is 0. The smallest absolute Gasteiger partial charge is 0.270 e. The molecule has 5 heterocycles. The fourth-order valence-corrected chi connectivity index (χ4v) is 6.26. The first-order valence-corrected chi connectivity index (χ1v) is 13.6. The summed E-state index contributed by atoms with van der Waals surface area (Å²) in [5, 5.41) is 20.6. The number of para-hydroxylation sites is 1. The third kappa shape index (κ3) is 4.29. The van der Waals surface area contributed by atoms with Crippen molar-refractivity contribution in [3.63, 3.8) is 0 Å². The standard InChI is InChI=1S/C27H34N10O4/c1-13-9-16(32-12-31-13)23(40)30-10-17-20-27(36-24(28)35-20)21(38)18(11-37(27)25(29)34-17)33-22(39)14-5-4-6-15-19(14)41-8-7-26(15,2)3/h4-6,9,12,17-18,20-21,38H,7-8,10-11H2,1-3H3,(H2,29,34)(H,30,40)(H,33,39)(H3,28,35,36)/t17-,18?,20?,21+,27?/m0/s1. The van der Waals surface area contributed by atoms with Gasteiger partial charge in [0, 0.05) is 24.3 Å². The number of hydrogen-bond donors (Lipinski definition) is 6. The van der Waals surface area contributed by atoms with Crippen molar-refractivity contribution >= 4 is 23.7 Å². The summed E-state index contributed by atoms with van der Waals surface area (Å²) in [6.45, 7) is 6.75. The van der Waals surface area contributed by atoms with Crippen LogP contribution in [0, 0.1) is 6.92 Å². The molecule has 4 aliphatic heterocycles. The molecule has 3 unspecified atom stereocenters. The van der Waals surface area contributed by atoms with Crippen LogP contribution in [-0.2, 0) is 5.41 Å². The van der Waals surface area contributed by atoms with Gasteiger partial charge in [-0.1, -0.05) is 26.0 Å². The molecular weight excluding hydrogens is 528 g/mol. The van der Waals surface area contributed by atoms with E-state index in [0.717, 1.165) is 12.0 Å². The molecule has 1 saturated heterocycles. The predicted molar refractivity (Wildman–Crippen MR) is 149 cm³/mol. The molecule has 1 spiro atoms. The van der Waals surface area contributed by atoms with Crippen LogP contribution in [0.15, 0.2) is 40.6 Å². The highest BCUT2D eigenvalue weighted by atomic mass is 16.5. The number of aliphatic hydroxyl groups is 1. The minimum atomic E-state index is -1.26. The summed E-state index contributed by atoms with van der Waals surface area (Å²) in [6, 6.07) is 5.02. The van der Waals surface area contributed by atoms with Crippen molar-refractivity contribution in [2.24, 2.45) is 21.5 Å². The van der Waals surface area contributed by atoms with Crippen molar-refractivity contribution in [2.75, 3.05) is 19.7 Å². The lowest BCUT2D eigenvalue weighted by Crippen LogP contribution is -2.73. The molecule has 14 nitrogen and oxygen atoms in total. The number of nitrogens with two attached hydrogens (primary N) is 2. The van der Waals surface area contributed by atoms with E-state index in [-0.39, 0.29) is 42.0 Å².